The number of aromatic nitrogens is 3. The molecule has 1 atom stereocenters. The molecule has 0 amide bonds. The first-order valence-corrected chi connectivity index (χ1v) is 7.81. The molecule has 0 aromatic carbocycles. The first kappa shape index (κ1) is 13.9. The van der Waals surface area contributed by atoms with Crippen LogP contribution >= 0.6 is 11.3 Å². The van der Waals surface area contributed by atoms with Crippen LogP contribution in [0.4, 0.5) is 5.82 Å². The second-order valence-corrected chi connectivity index (χ2v) is 5.99. The molecule has 21 heavy (non-hydrogen) atoms. The molecule has 1 aliphatic carbocycles. The fourth-order valence-electron chi connectivity index (χ4n) is 2.50. The van der Waals surface area contributed by atoms with Crippen molar-refractivity contribution in [2.75, 3.05) is 5.32 Å². The Morgan fingerprint density at radius 2 is 2.19 bits per heavy atom. The van der Waals surface area contributed by atoms with Crippen molar-refractivity contribution >= 4 is 23.1 Å². The van der Waals surface area contributed by atoms with Gasteiger partial charge in [-0.2, -0.15) is 0 Å². The van der Waals surface area contributed by atoms with Crippen molar-refractivity contribution in [2.24, 2.45) is 0 Å². The molecule has 2 aromatic heterocycles. The zero-order valence-electron chi connectivity index (χ0n) is 11.7. The summed E-state index contributed by atoms with van der Waals surface area (Å²) in [7, 11) is 0. The second kappa shape index (κ2) is 5.77. The van der Waals surface area contributed by atoms with E-state index in [0.29, 0.717) is 0 Å². The quantitative estimate of drug-likeness (QED) is 0.903. The Balaban J connectivity index is 1.81. The summed E-state index contributed by atoms with van der Waals surface area (Å²) in [4.78, 5) is 23.7. The maximum atomic E-state index is 10.9. The maximum absolute atomic E-state index is 10.9. The molecule has 2 heterocycles. The molecule has 3 rings (SSSR count). The highest BCUT2D eigenvalue weighted by Gasteiger charge is 2.19. The van der Waals surface area contributed by atoms with Crippen LogP contribution in [0.1, 0.15) is 52.6 Å². The number of hydrogen-bond donors (Lipinski definition) is 2. The molecule has 7 heteroatoms. The number of carboxylic acids is 1. The van der Waals surface area contributed by atoms with E-state index in [-0.39, 0.29) is 11.7 Å². The van der Waals surface area contributed by atoms with Gasteiger partial charge in [-0.3, -0.25) is 0 Å². The van der Waals surface area contributed by atoms with Crippen LogP contribution in [0.15, 0.2) is 11.7 Å². The third-order valence-electron chi connectivity index (χ3n) is 3.59. The largest absolute Gasteiger partial charge is 0.476 e. The average molecular weight is 304 g/mol. The van der Waals surface area contributed by atoms with E-state index in [2.05, 4.69) is 20.3 Å². The number of nitrogens with one attached hydrogen (secondary N) is 1. The third kappa shape index (κ3) is 2.87. The van der Waals surface area contributed by atoms with Gasteiger partial charge in [0, 0.05) is 16.6 Å². The minimum Gasteiger partial charge on any atom is -0.476 e. The molecule has 0 saturated carbocycles. The Morgan fingerprint density at radius 3 is 2.95 bits per heavy atom. The molecule has 0 fully saturated rings. The number of fused-ring (bicyclic) bond motifs is 1. The fraction of sp³-hybridized carbons (Fsp3) is 0.429. The van der Waals surface area contributed by atoms with Crippen molar-refractivity contribution in [1.82, 2.24) is 15.0 Å². The van der Waals surface area contributed by atoms with Gasteiger partial charge in [0.05, 0.1) is 6.04 Å². The normalized spacial score (nSPS) is 15.3. The molecular weight excluding hydrogens is 288 g/mol. The minimum atomic E-state index is -0.996. The average Bonchev–Trinajstić information content (AvgIpc) is 2.98. The molecule has 0 saturated heterocycles. The summed E-state index contributed by atoms with van der Waals surface area (Å²) in [6.07, 6.45) is 5.91. The molecule has 0 bridgehead atoms. The summed E-state index contributed by atoms with van der Waals surface area (Å²) in [6.45, 7) is 1.96. The van der Waals surface area contributed by atoms with Crippen LogP contribution in [0, 0.1) is 0 Å². The molecule has 0 aliphatic heterocycles. The molecule has 2 N–H and O–H groups in total. The second-order valence-electron chi connectivity index (χ2n) is 5.10. The molecule has 0 spiro atoms. The summed E-state index contributed by atoms with van der Waals surface area (Å²) < 4.78 is 0. The van der Waals surface area contributed by atoms with Crippen LogP contribution in [0.25, 0.3) is 0 Å². The van der Waals surface area contributed by atoms with E-state index in [4.69, 9.17) is 5.11 Å². The van der Waals surface area contributed by atoms with Crippen molar-refractivity contribution in [3.8, 4) is 0 Å². The first-order chi connectivity index (χ1) is 10.1. The van der Waals surface area contributed by atoms with Crippen LogP contribution in [-0.4, -0.2) is 26.0 Å². The molecular formula is C14H16N4O2S. The van der Waals surface area contributed by atoms with E-state index in [1.54, 1.807) is 11.7 Å². The highest BCUT2D eigenvalue weighted by molar-refractivity contribution is 7.09. The van der Waals surface area contributed by atoms with Gasteiger partial charge in [-0.15, -0.1) is 11.3 Å². The number of aryl methyl sites for hydroxylation is 1. The van der Waals surface area contributed by atoms with Crippen LogP contribution < -0.4 is 5.32 Å². The van der Waals surface area contributed by atoms with Crippen molar-refractivity contribution in [3.63, 3.8) is 0 Å². The number of aromatic carboxylic acids is 1. The maximum Gasteiger partial charge on any atom is 0.355 e. The topological polar surface area (TPSA) is 88.0 Å². The van der Waals surface area contributed by atoms with Crippen LogP contribution in [-0.2, 0) is 12.8 Å². The number of nitrogens with zero attached hydrogens (tertiary/aromatic N) is 3. The first-order valence-electron chi connectivity index (χ1n) is 6.93. The lowest BCUT2D eigenvalue weighted by atomic mass is 9.96. The number of carbonyl (C=O) groups is 1. The summed E-state index contributed by atoms with van der Waals surface area (Å²) in [5, 5.41) is 14.6. The van der Waals surface area contributed by atoms with Crippen LogP contribution in [0.2, 0.25) is 0 Å². The van der Waals surface area contributed by atoms with Gasteiger partial charge in [-0.05, 0) is 32.6 Å². The number of hydrogen-bond acceptors (Lipinski definition) is 6. The van der Waals surface area contributed by atoms with E-state index in [0.717, 1.165) is 35.8 Å². The minimum absolute atomic E-state index is 0.0796. The molecule has 2 aromatic rings. The van der Waals surface area contributed by atoms with Gasteiger partial charge < -0.3 is 10.4 Å². The van der Waals surface area contributed by atoms with Gasteiger partial charge in [0.25, 0.3) is 0 Å². The van der Waals surface area contributed by atoms with E-state index in [1.165, 1.54) is 23.3 Å². The summed E-state index contributed by atoms with van der Waals surface area (Å²) >= 11 is 1.34. The summed E-state index contributed by atoms with van der Waals surface area (Å²) in [5.74, 6) is -0.150. The molecule has 6 nitrogen and oxygen atoms in total. The highest BCUT2D eigenvalue weighted by atomic mass is 32.1. The van der Waals surface area contributed by atoms with Gasteiger partial charge in [0.15, 0.2) is 5.69 Å². The monoisotopic (exact) mass is 304 g/mol. The fourth-order valence-corrected chi connectivity index (χ4v) is 3.30. The zero-order chi connectivity index (χ0) is 14.8. The van der Waals surface area contributed by atoms with Crippen LogP contribution in [0.3, 0.4) is 0 Å². The van der Waals surface area contributed by atoms with Gasteiger partial charge in [-0.25, -0.2) is 19.7 Å². The predicted molar refractivity (Wildman–Crippen MR) is 79.8 cm³/mol. The lowest BCUT2D eigenvalue weighted by molar-refractivity contribution is 0.0691. The van der Waals surface area contributed by atoms with E-state index in [9.17, 15) is 4.79 Å². The SMILES string of the molecule is CC(Nc1ncnc2c1CCCC2)c1nc(C(=O)O)cs1. The van der Waals surface area contributed by atoms with Gasteiger partial charge in [0.1, 0.15) is 17.2 Å². The van der Waals surface area contributed by atoms with E-state index in [1.807, 2.05) is 6.92 Å². The van der Waals surface area contributed by atoms with E-state index < -0.39 is 5.97 Å². The van der Waals surface area contributed by atoms with Crippen molar-refractivity contribution < 1.29 is 9.90 Å². The lowest BCUT2D eigenvalue weighted by Crippen LogP contribution is -2.14. The van der Waals surface area contributed by atoms with Crippen molar-refractivity contribution in [3.05, 3.63) is 33.7 Å². The lowest BCUT2D eigenvalue weighted by Gasteiger charge is -2.20. The van der Waals surface area contributed by atoms with Gasteiger partial charge in [-0.1, -0.05) is 0 Å². The molecule has 0 radical (unpaired) electrons. The van der Waals surface area contributed by atoms with Crippen LogP contribution in [0.5, 0.6) is 0 Å². The van der Waals surface area contributed by atoms with Gasteiger partial charge in [0.2, 0.25) is 0 Å². The van der Waals surface area contributed by atoms with E-state index >= 15 is 0 Å². The number of thiazole rings is 1. The number of anilines is 1. The Hall–Kier alpha value is -2.02. The Morgan fingerprint density at radius 1 is 1.38 bits per heavy atom. The third-order valence-corrected chi connectivity index (χ3v) is 4.62. The summed E-state index contributed by atoms with van der Waals surface area (Å²) in [6, 6.07) is -0.0796. The molecule has 1 aliphatic rings. The zero-order valence-corrected chi connectivity index (χ0v) is 12.5. The Labute approximate surface area is 126 Å². The van der Waals surface area contributed by atoms with Gasteiger partial charge >= 0.3 is 5.97 Å². The van der Waals surface area contributed by atoms with Crippen molar-refractivity contribution in [1.29, 1.82) is 0 Å². The number of rotatable bonds is 4. The summed E-state index contributed by atoms with van der Waals surface area (Å²) in [5.41, 5.74) is 2.40. The Kier molecular flexibility index (Phi) is 3.83. The highest BCUT2D eigenvalue weighted by Crippen LogP contribution is 2.28. The molecule has 110 valence electrons. The standard InChI is InChI=1S/C14H16N4O2S/c1-8(13-18-11(6-21-13)14(19)20)17-12-9-4-2-3-5-10(9)15-7-16-12/h6-8H,2-5H2,1H3,(H,19,20)(H,15,16,17). The predicted octanol–water partition coefficient (Wildman–Crippen LogP) is 2.68. The number of carboxylic acid groups (broad SMARTS) is 1. The van der Waals surface area contributed by atoms with Crippen molar-refractivity contribution in [2.45, 2.75) is 38.6 Å². The smallest absolute Gasteiger partial charge is 0.355 e. The Bertz CT molecular complexity index is 671. The molecule has 1 unspecified atom stereocenters.